The smallest absolute Gasteiger partial charge is 0.271 e. The first-order chi connectivity index (χ1) is 9.83. The molecule has 0 aliphatic heterocycles. The second-order valence-corrected chi connectivity index (χ2v) is 8.14. The SMILES string of the molecule is N#Cc1cc([N+](=O)[O-])ccc1NS(=O)(=O)c1ccc(Br)s1. The van der Waals surface area contributed by atoms with Crippen molar-refractivity contribution in [1.82, 2.24) is 0 Å². The molecule has 0 amide bonds. The number of nitro groups is 1. The van der Waals surface area contributed by atoms with E-state index in [-0.39, 0.29) is 21.1 Å². The number of hydrogen-bond acceptors (Lipinski definition) is 6. The fourth-order valence-electron chi connectivity index (χ4n) is 1.46. The summed E-state index contributed by atoms with van der Waals surface area (Å²) in [4.78, 5) is 9.99. The molecule has 2 aromatic rings. The van der Waals surface area contributed by atoms with Crippen molar-refractivity contribution < 1.29 is 13.3 Å². The quantitative estimate of drug-likeness (QED) is 0.639. The topological polar surface area (TPSA) is 113 Å². The standard InChI is InChI=1S/C11H6BrN3O4S2/c12-10-3-4-11(20-10)21(18,19)14-9-2-1-8(15(16)17)5-7(9)6-13/h1-5,14H. The molecule has 108 valence electrons. The van der Waals surface area contributed by atoms with Crippen LogP contribution in [0.4, 0.5) is 11.4 Å². The van der Waals surface area contributed by atoms with Crippen LogP contribution in [0.5, 0.6) is 0 Å². The Balaban J connectivity index is 2.40. The number of non-ortho nitro benzene ring substituents is 1. The lowest BCUT2D eigenvalue weighted by molar-refractivity contribution is -0.384. The van der Waals surface area contributed by atoms with Crippen LogP contribution in [-0.4, -0.2) is 13.3 Å². The Labute approximate surface area is 132 Å². The Kier molecular flexibility index (Phi) is 4.26. The van der Waals surface area contributed by atoms with Gasteiger partial charge in [-0.1, -0.05) is 0 Å². The maximum Gasteiger partial charge on any atom is 0.271 e. The predicted molar refractivity (Wildman–Crippen MR) is 80.6 cm³/mol. The van der Waals surface area contributed by atoms with Crippen LogP contribution in [0.3, 0.4) is 0 Å². The van der Waals surface area contributed by atoms with Crippen LogP contribution in [0.1, 0.15) is 5.56 Å². The third-order valence-electron chi connectivity index (χ3n) is 2.39. The van der Waals surface area contributed by atoms with Crippen molar-refractivity contribution in [3.05, 3.63) is 49.8 Å². The molecule has 0 unspecified atom stereocenters. The molecular weight excluding hydrogens is 382 g/mol. The van der Waals surface area contributed by atoms with Crippen molar-refractivity contribution in [3.63, 3.8) is 0 Å². The summed E-state index contributed by atoms with van der Waals surface area (Å²) in [5, 5.41) is 19.6. The van der Waals surface area contributed by atoms with E-state index in [1.807, 2.05) is 0 Å². The molecule has 7 nitrogen and oxygen atoms in total. The normalized spacial score (nSPS) is 10.9. The number of hydrogen-bond donors (Lipinski definition) is 1. The monoisotopic (exact) mass is 387 g/mol. The average Bonchev–Trinajstić information content (AvgIpc) is 2.86. The summed E-state index contributed by atoms with van der Waals surface area (Å²) < 4.78 is 27.2. The number of benzene rings is 1. The minimum Gasteiger partial charge on any atom is -0.278 e. The minimum atomic E-state index is -3.84. The van der Waals surface area contributed by atoms with Crippen LogP contribution < -0.4 is 4.72 Å². The summed E-state index contributed by atoms with van der Waals surface area (Å²) in [6.45, 7) is 0. The van der Waals surface area contributed by atoms with Gasteiger partial charge in [0, 0.05) is 12.1 Å². The van der Waals surface area contributed by atoms with Gasteiger partial charge in [-0.15, -0.1) is 11.3 Å². The van der Waals surface area contributed by atoms with E-state index in [0.717, 1.165) is 23.5 Å². The summed E-state index contributed by atoms with van der Waals surface area (Å²) in [5.74, 6) is 0. The van der Waals surface area contributed by atoms with Crippen molar-refractivity contribution in [1.29, 1.82) is 5.26 Å². The fraction of sp³-hybridized carbons (Fsp3) is 0. The van der Waals surface area contributed by atoms with Gasteiger partial charge in [-0.3, -0.25) is 14.8 Å². The maximum atomic E-state index is 12.1. The number of anilines is 1. The molecule has 0 radical (unpaired) electrons. The zero-order chi connectivity index (χ0) is 15.6. The zero-order valence-electron chi connectivity index (χ0n) is 10.1. The maximum absolute atomic E-state index is 12.1. The minimum absolute atomic E-state index is 0.00683. The molecule has 0 spiro atoms. The van der Waals surface area contributed by atoms with Gasteiger partial charge >= 0.3 is 0 Å². The number of thiophene rings is 1. The molecule has 0 aliphatic carbocycles. The van der Waals surface area contributed by atoms with E-state index < -0.39 is 14.9 Å². The second kappa shape index (κ2) is 5.80. The highest BCUT2D eigenvalue weighted by atomic mass is 79.9. The lowest BCUT2D eigenvalue weighted by atomic mass is 10.2. The Morgan fingerprint density at radius 3 is 2.57 bits per heavy atom. The largest absolute Gasteiger partial charge is 0.278 e. The third-order valence-corrected chi connectivity index (χ3v) is 5.87. The van der Waals surface area contributed by atoms with Crippen LogP contribution in [-0.2, 0) is 10.0 Å². The lowest BCUT2D eigenvalue weighted by Crippen LogP contribution is -2.12. The van der Waals surface area contributed by atoms with Gasteiger partial charge in [0.2, 0.25) is 0 Å². The first kappa shape index (κ1) is 15.4. The number of nitro benzene ring substituents is 1. The summed E-state index contributed by atoms with van der Waals surface area (Å²) in [6, 6.07) is 8.06. The molecule has 0 saturated carbocycles. The lowest BCUT2D eigenvalue weighted by Gasteiger charge is -2.07. The van der Waals surface area contributed by atoms with Gasteiger partial charge in [-0.25, -0.2) is 8.42 Å². The van der Waals surface area contributed by atoms with Crippen LogP contribution in [0.2, 0.25) is 0 Å². The van der Waals surface area contributed by atoms with E-state index in [1.54, 1.807) is 12.1 Å². The van der Waals surface area contributed by atoms with Crippen molar-refractivity contribution >= 4 is 48.7 Å². The van der Waals surface area contributed by atoms with Crippen molar-refractivity contribution in [2.24, 2.45) is 0 Å². The van der Waals surface area contributed by atoms with E-state index in [1.165, 1.54) is 12.1 Å². The molecule has 2 rings (SSSR count). The van der Waals surface area contributed by atoms with E-state index in [9.17, 15) is 18.5 Å². The van der Waals surface area contributed by atoms with E-state index in [2.05, 4.69) is 20.7 Å². The van der Waals surface area contributed by atoms with E-state index in [0.29, 0.717) is 3.79 Å². The van der Waals surface area contributed by atoms with Gasteiger partial charge < -0.3 is 0 Å². The third kappa shape index (κ3) is 3.38. The first-order valence-corrected chi connectivity index (χ1v) is 8.39. The highest BCUT2D eigenvalue weighted by molar-refractivity contribution is 9.11. The van der Waals surface area contributed by atoms with Crippen molar-refractivity contribution in [2.75, 3.05) is 4.72 Å². The molecule has 21 heavy (non-hydrogen) atoms. The Morgan fingerprint density at radius 2 is 2.05 bits per heavy atom. The molecule has 10 heteroatoms. The molecule has 0 saturated heterocycles. The summed E-state index contributed by atoms with van der Waals surface area (Å²) in [7, 11) is -3.84. The molecule has 0 bridgehead atoms. The van der Waals surface area contributed by atoms with Gasteiger partial charge in [0.1, 0.15) is 10.3 Å². The number of nitriles is 1. The Bertz CT molecular complexity index is 855. The molecule has 1 aromatic carbocycles. The molecule has 0 fully saturated rings. The van der Waals surface area contributed by atoms with Crippen molar-refractivity contribution in [2.45, 2.75) is 4.21 Å². The average molecular weight is 388 g/mol. The number of nitrogens with zero attached hydrogens (tertiary/aromatic N) is 2. The zero-order valence-corrected chi connectivity index (χ0v) is 13.3. The molecule has 1 heterocycles. The van der Waals surface area contributed by atoms with Crippen molar-refractivity contribution in [3.8, 4) is 6.07 Å². The summed E-state index contributed by atoms with van der Waals surface area (Å²) in [6.07, 6.45) is 0. The van der Waals surface area contributed by atoms with Gasteiger partial charge in [0.15, 0.2) is 0 Å². The predicted octanol–water partition coefficient (Wildman–Crippen LogP) is 3.09. The van der Waals surface area contributed by atoms with Gasteiger partial charge in [-0.2, -0.15) is 5.26 Å². The fourth-order valence-corrected chi connectivity index (χ4v) is 4.55. The molecule has 1 N–H and O–H groups in total. The highest BCUT2D eigenvalue weighted by Gasteiger charge is 2.19. The summed E-state index contributed by atoms with van der Waals surface area (Å²) in [5.41, 5.74) is -0.413. The highest BCUT2D eigenvalue weighted by Crippen LogP contribution is 2.29. The summed E-state index contributed by atoms with van der Waals surface area (Å²) >= 11 is 4.17. The van der Waals surface area contributed by atoms with E-state index >= 15 is 0 Å². The van der Waals surface area contributed by atoms with Gasteiger partial charge in [-0.05, 0) is 34.1 Å². The van der Waals surface area contributed by atoms with E-state index in [4.69, 9.17) is 5.26 Å². The van der Waals surface area contributed by atoms with Gasteiger partial charge in [0.05, 0.1) is 20.0 Å². The van der Waals surface area contributed by atoms with Gasteiger partial charge in [0.25, 0.3) is 15.7 Å². The second-order valence-electron chi connectivity index (χ2n) is 3.76. The number of halogens is 1. The number of rotatable bonds is 4. The van der Waals surface area contributed by atoms with Crippen LogP contribution in [0.25, 0.3) is 0 Å². The molecule has 1 aromatic heterocycles. The molecule has 0 atom stereocenters. The number of nitrogens with one attached hydrogen (secondary N) is 1. The Morgan fingerprint density at radius 1 is 1.33 bits per heavy atom. The van der Waals surface area contributed by atoms with Crippen LogP contribution >= 0.6 is 27.3 Å². The molecular formula is C11H6BrN3O4S2. The molecule has 0 aliphatic rings. The Hall–Kier alpha value is -1.96. The van der Waals surface area contributed by atoms with Crippen LogP contribution in [0.15, 0.2) is 38.3 Å². The first-order valence-electron chi connectivity index (χ1n) is 5.30. The number of sulfonamides is 1. The van der Waals surface area contributed by atoms with Crippen LogP contribution in [0, 0.1) is 21.4 Å².